The predicted octanol–water partition coefficient (Wildman–Crippen LogP) is 4.41. The molecule has 134 valence electrons. The highest BCUT2D eigenvalue weighted by Crippen LogP contribution is 2.25. The molecule has 1 aromatic carbocycles. The summed E-state index contributed by atoms with van der Waals surface area (Å²) in [5.41, 5.74) is 7.03. The second kappa shape index (κ2) is 11.4. The molecule has 0 aliphatic heterocycles. The minimum atomic E-state index is -0.231. The maximum atomic E-state index is 11.7. The maximum absolute atomic E-state index is 11.7. The topological polar surface area (TPSA) is 61.5 Å². The molecular weight excluding hydrogens is 302 g/mol. The van der Waals surface area contributed by atoms with Crippen molar-refractivity contribution >= 4 is 11.7 Å². The summed E-state index contributed by atoms with van der Waals surface area (Å²) < 4.78 is 10.3. The Morgan fingerprint density at radius 2 is 1.96 bits per heavy atom. The summed E-state index contributed by atoms with van der Waals surface area (Å²) in [4.78, 5) is 11.7. The number of nitrogens with two attached hydrogens (primary N) is 1. The Hall–Kier alpha value is -2.15. The van der Waals surface area contributed by atoms with Crippen molar-refractivity contribution in [3.05, 3.63) is 23.8 Å². The lowest BCUT2D eigenvalue weighted by atomic mass is 9.86. The molecule has 0 aliphatic rings. The van der Waals surface area contributed by atoms with Gasteiger partial charge in [0.05, 0.1) is 25.7 Å². The van der Waals surface area contributed by atoms with Crippen LogP contribution in [0.5, 0.6) is 5.75 Å². The molecule has 0 aromatic heterocycles. The predicted molar refractivity (Wildman–Crippen MR) is 99.9 cm³/mol. The van der Waals surface area contributed by atoms with E-state index in [0.717, 1.165) is 17.7 Å². The number of hydrogen-bond acceptors (Lipinski definition) is 4. The number of anilines is 1. The average molecular weight is 333 g/mol. The van der Waals surface area contributed by atoms with Gasteiger partial charge in [0.15, 0.2) is 0 Å². The van der Waals surface area contributed by atoms with Crippen LogP contribution >= 0.6 is 0 Å². The van der Waals surface area contributed by atoms with E-state index in [1.807, 2.05) is 40.7 Å². The van der Waals surface area contributed by atoms with Gasteiger partial charge in [-0.1, -0.05) is 46.5 Å². The third-order valence-corrected chi connectivity index (χ3v) is 3.14. The monoisotopic (exact) mass is 333 g/mol. The van der Waals surface area contributed by atoms with E-state index in [-0.39, 0.29) is 11.4 Å². The van der Waals surface area contributed by atoms with Crippen LogP contribution in [-0.4, -0.2) is 19.7 Å². The van der Waals surface area contributed by atoms with Gasteiger partial charge in [0.1, 0.15) is 5.75 Å². The molecule has 0 amide bonds. The van der Waals surface area contributed by atoms with E-state index in [1.54, 1.807) is 19.2 Å². The van der Waals surface area contributed by atoms with Crippen molar-refractivity contribution in [2.45, 2.75) is 53.9 Å². The molecule has 0 saturated heterocycles. The summed E-state index contributed by atoms with van der Waals surface area (Å²) in [6.45, 7) is 10.5. The van der Waals surface area contributed by atoms with Gasteiger partial charge in [0.2, 0.25) is 0 Å². The molecule has 0 saturated carbocycles. The van der Waals surface area contributed by atoms with Gasteiger partial charge in [-0.3, -0.25) is 4.79 Å². The molecule has 0 unspecified atom stereocenters. The van der Waals surface area contributed by atoms with Crippen molar-refractivity contribution in [1.82, 2.24) is 0 Å². The lowest BCUT2D eigenvalue weighted by molar-refractivity contribution is -0.145. The first-order valence-electron chi connectivity index (χ1n) is 8.46. The molecule has 0 radical (unpaired) electrons. The molecule has 0 heterocycles. The van der Waals surface area contributed by atoms with E-state index in [4.69, 9.17) is 15.2 Å². The fourth-order valence-corrected chi connectivity index (χ4v) is 1.87. The van der Waals surface area contributed by atoms with Gasteiger partial charge < -0.3 is 15.2 Å². The SMILES string of the molecule is CC.CCCOC(=O)CC(C)(C)CC#Cc1cc(OC)ccc1N. The van der Waals surface area contributed by atoms with Crippen LogP contribution < -0.4 is 10.5 Å². The largest absolute Gasteiger partial charge is 0.497 e. The molecule has 24 heavy (non-hydrogen) atoms. The number of benzene rings is 1. The Morgan fingerprint density at radius 3 is 2.54 bits per heavy atom. The van der Waals surface area contributed by atoms with Crippen LogP contribution in [0.1, 0.15) is 59.4 Å². The third kappa shape index (κ3) is 8.47. The zero-order chi connectivity index (χ0) is 18.6. The van der Waals surface area contributed by atoms with E-state index in [2.05, 4.69) is 11.8 Å². The molecule has 0 fully saturated rings. The standard InChI is InChI=1S/C18H25NO3.C2H6/c1-5-11-22-17(20)13-18(2,3)10-6-7-14-12-15(21-4)8-9-16(14)19;1-2/h8-9,12H,5,10-11,13,19H2,1-4H3;1-2H3. The van der Waals surface area contributed by atoms with Crippen LogP contribution in [0.15, 0.2) is 18.2 Å². The fourth-order valence-electron chi connectivity index (χ4n) is 1.87. The Bertz CT molecular complexity index is 568. The minimum Gasteiger partial charge on any atom is -0.497 e. The molecule has 4 nitrogen and oxygen atoms in total. The van der Waals surface area contributed by atoms with E-state index in [1.165, 1.54) is 0 Å². The van der Waals surface area contributed by atoms with Crippen LogP contribution in [0.4, 0.5) is 5.69 Å². The Morgan fingerprint density at radius 1 is 1.29 bits per heavy atom. The highest BCUT2D eigenvalue weighted by molar-refractivity contribution is 5.70. The van der Waals surface area contributed by atoms with Gasteiger partial charge in [-0.15, -0.1) is 0 Å². The number of carbonyl (C=O) groups is 1. The maximum Gasteiger partial charge on any atom is 0.306 e. The molecule has 1 rings (SSSR count). The molecule has 4 heteroatoms. The number of esters is 1. The molecule has 0 spiro atoms. The summed E-state index contributed by atoms with van der Waals surface area (Å²) in [5.74, 6) is 6.71. The van der Waals surface area contributed by atoms with E-state index < -0.39 is 0 Å². The summed E-state index contributed by atoms with van der Waals surface area (Å²) in [6.07, 6.45) is 1.78. The Balaban J connectivity index is 0.00000254. The van der Waals surface area contributed by atoms with Gasteiger partial charge in [0, 0.05) is 12.1 Å². The van der Waals surface area contributed by atoms with Crippen LogP contribution in [0.2, 0.25) is 0 Å². The van der Waals surface area contributed by atoms with E-state index in [9.17, 15) is 4.79 Å². The van der Waals surface area contributed by atoms with Crippen molar-refractivity contribution in [1.29, 1.82) is 0 Å². The van der Waals surface area contributed by atoms with Gasteiger partial charge >= 0.3 is 5.97 Å². The summed E-state index contributed by atoms with van der Waals surface area (Å²) >= 11 is 0. The van der Waals surface area contributed by atoms with Crippen molar-refractivity contribution in [2.24, 2.45) is 5.41 Å². The molecule has 2 N–H and O–H groups in total. The molecule has 1 aromatic rings. The minimum absolute atomic E-state index is 0.172. The van der Waals surface area contributed by atoms with Crippen molar-refractivity contribution < 1.29 is 14.3 Å². The number of carbonyl (C=O) groups excluding carboxylic acids is 1. The highest BCUT2D eigenvalue weighted by atomic mass is 16.5. The zero-order valence-corrected chi connectivity index (χ0v) is 15.9. The number of hydrogen-bond donors (Lipinski definition) is 1. The molecule has 0 bridgehead atoms. The summed E-state index contributed by atoms with van der Waals surface area (Å²) in [6, 6.07) is 5.38. The number of ether oxygens (including phenoxy) is 2. The smallest absolute Gasteiger partial charge is 0.306 e. The summed E-state index contributed by atoms with van der Waals surface area (Å²) in [5, 5.41) is 0. The Labute approximate surface area is 146 Å². The highest BCUT2D eigenvalue weighted by Gasteiger charge is 2.21. The zero-order valence-electron chi connectivity index (χ0n) is 15.9. The van der Waals surface area contributed by atoms with Crippen LogP contribution in [0, 0.1) is 17.3 Å². The van der Waals surface area contributed by atoms with Crippen molar-refractivity contribution in [3.8, 4) is 17.6 Å². The first-order valence-corrected chi connectivity index (χ1v) is 8.46. The molecule has 0 aliphatic carbocycles. The molecule has 0 atom stereocenters. The van der Waals surface area contributed by atoms with E-state index in [0.29, 0.717) is 25.1 Å². The van der Waals surface area contributed by atoms with Gasteiger partial charge in [-0.05, 0) is 30.0 Å². The summed E-state index contributed by atoms with van der Waals surface area (Å²) in [7, 11) is 1.60. The lowest BCUT2D eigenvalue weighted by Gasteiger charge is -2.20. The van der Waals surface area contributed by atoms with Crippen molar-refractivity contribution in [2.75, 3.05) is 19.5 Å². The van der Waals surface area contributed by atoms with Crippen LogP contribution in [0.25, 0.3) is 0 Å². The Kier molecular flexibility index (Phi) is 10.4. The fraction of sp³-hybridized carbons (Fsp3) is 0.550. The van der Waals surface area contributed by atoms with Gasteiger partial charge in [-0.2, -0.15) is 0 Å². The number of methoxy groups -OCH3 is 1. The number of rotatable bonds is 6. The van der Waals surface area contributed by atoms with Gasteiger partial charge in [-0.25, -0.2) is 0 Å². The van der Waals surface area contributed by atoms with Crippen LogP contribution in [0.3, 0.4) is 0 Å². The van der Waals surface area contributed by atoms with Crippen molar-refractivity contribution in [3.63, 3.8) is 0 Å². The van der Waals surface area contributed by atoms with E-state index >= 15 is 0 Å². The average Bonchev–Trinajstić information content (AvgIpc) is 2.56. The van der Waals surface area contributed by atoms with Crippen LogP contribution in [-0.2, 0) is 9.53 Å². The second-order valence-electron chi connectivity index (χ2n) is 5.99. The second-order valence-corrected chi connectivity index (χ2v) is 5.99. The molecular formula is C20H31NO3. The first-order chi connectivity index (χ1) is 11.4. The normalized spacial score (nSPS) is 9.92. The first kappa shape index (κ1) is 21.9. The number of nitrogen functional groups attached to an aromatic ring is 1. The third-order valence-electron chi connectivity index (χ3n) is 3.14. The quantitative estimate of drug-likeness (QED) is 0.476. The lowest BCUT2D eigenvalue weighted by Crippen LogP contribution is -2.18. The van der Waals surface area contributed by atoms with Gasteiger partial charge in [0.25, 0.3) is 0 Å².